The molecule has 0 aromatic heterocycles. The minimum atomic E-state index is 0. The fraction of sp³-hybridized carbons (Fsp3) is 0.735. The molecule has 2 saturated carbocycles. The van der Waals surface area contributed by atoms with E-state index in [1.807, 2.05) is 68.1 Å². The Bertz CT molecular complexity index is 875. The van der Waals surface area contributed by atoms with Crippen LogP contribution in [-0.4, -0.2) is 72.8 Å². The quantitative estimate of drug-likeness (QED) is 0.148. The summed E-state index contributed by atoms with van der Waals surface area (Å²) in [5.41, 5.74) is 1.91. The van der Waals surface area contributed by atoms with Crippen molar-refractivity contribution in [2.75, 3.05) is 27.3 Å². The van der Waals surface area contributed by atoms with E-state index in [1.54, 1.807) is 0 Å². The standard InChI is InChI=1S/C19H28N2O2.C14H27NO2.CH4/c1-15(2)19(16-10-6-4-7-11-16)20-23-14-18(22)21(3)17-12-8-5-9-13-17;1-12(2)17-11-7-10-14(16)15(3)13-8-5-4-6-9-13;/h4,6-7,10-11,15,17H,5,8-9,12-14H2,1-3H3;12-13H,4-11H2,1-3H3;1H4/b20-19-;;. The number of hydrogen-bond donors (Lipinski definition) is 0. The molecule has 0 saturated heterocycles. The number of hydrogen-bond acceptors (Lipinski definition) is 5. The third-order valence-electron chi connectivity index (χ3n) is 7.99. The molecule has 41 heavy (non-hydrogen) atoms. The van der Waals surface area contributed by atoms with Crippen molar-refractivity contribution in [3.05, 3.63) is 35.9 Å². The maximum atomic E-state index is 12.3. The molecule has 0 spiro atoms. The normalized spacial score (nSPS) is 16.4. The van der Waals surface area contributed by atoms with Gasteiger partial charge < -0.3 is 19.4 Å². The molecule has 1 aromatic carbocycles. The number of rotatable bonds is 12. The van der Waals surface area contributed by atoms with Gasteiger partial charge in [0.05, 0.1) is 11.8 Å². The Kier molecular flexibility index (Phi) is 18.3. The third-order valence-corrected chi connectivity index (χ3v) is 7.99. The van der Waals surface area contributed by atoms with Crippen LogP contribution in [0.5, 0.6) is 0 Å². The zero-order valence-corrected chi connectivity index (χ0v) is 26.1. The highest BCUT2D eigenvalue weighted by Gasteiger charge is 2.23. The molecule has 1 aromatic rings. The van der Waals surface area contributed by atoms with E-state index < -0.39 is 0 Å². The minimum Gasteiger partial charge on any atom is -0.385 e. The van der Waals surface area contributed by atoms with E-state index in [0.29, 0.717) is 25.1 Å². The van der Waals surface area contributed by atoms with Crippen molar-refractivity contribution in [1.82, 2.24) is 9.80 Å². The van der Waals surface area contributed by atoms with Crippen molar-refractivity contribution >= 4 is 17.5 Å². The first-order chi connectivity index (χ1) is 19.2. The van der Waals surface area contributed by atoms with Crippen molar-refractivity contribution in [1.29, 1.82) is 0 Å². The van der Waals surface area contributed by atoms with Gasteiger partial charge in [0.25, 0.3) is 5.91 Å². The highest BCUT2D eigenvalue weighted by Crippen LogP contribution is 2.23. The molecule has 7 nitrogen and oxygen atoms in total. The summed E-state index contributed by atoms with van der Waals surface area (Å²) < 4.78 is 5.45. The van der Waals surface area contributed by atoms with Crippen LogP contribution in [0.1, 0.15) is 118 Å². The van der Waals surface area contributed by atoms with Crippen LogP contribution in [0, 0.1) is 5.92 Å². The highest BCUT2D eigenvalue weighted by molar-refractivity contribution is 6.01. The Morgan fingerprint density at radius 1 is 0.829 bits per heavy atom. The topological polar surface area (TPSA) is 71.4 Å². The second kappa shape index (κ2) is 20.5. The largest absolute Gasteiger partial charge is 0.385 e. The summed E-state index contributed by atoms with van der Waals surface area (Å²) in [6.45, 7) is 8.90. The summed E-state index contributed by atoms with van der Waals surface area (Å²) in [6.07, 6.45) is 13.9. The number of ether oxygens (including phenoxy) is 1. The fourth-order valence-corrected chi connectivity index (χ4v) is 5.42. The molecule has 0 aliphatic heterocycles. The number of carbonyl (C=O) groups is 2. The van der Waals surface area contributed by atoms with Gasteiger partial charge in [-0.05, 0) is 57.4 Å². The molecular formula is C34H59N3O4. The van der Waals surface area contributed by atoms with E-state index in [0.717, 1.165) is 30.5 Å². The summed E-state index contributed by atoms with van der Waals surface area (Å²) in [5, 5.41) is 4.23. The lowest BCUT2D eigenvalue weighted by molar-refractivity contribution is -0.137. The van der Waals surface area contributed by atoms with Gasteiger partial charge in [0.2, 0.25) is 5.91 Å². The molecule has 0 N–H and O–H groups in total. The minimum absolute atomic E-state index is 0. The third kappa shape index (κ3) is 13.9. The molecule has 0 radical (unpaired) electrons. The van der Waals surface area contributed by atoms with Crippen molar-refractivity contribution in [2.24, 2.45) is 11.1 Å². The van der Waals surface area contributed by atoms with Crippen LogP contribution in [-0.2, 0) is 19.2 Å². The predicted octanol–water partition coefficient (Wildman–Crippen LogP) is 7.47. The van der Waals surface area contributed by atoms with Crippen LogP contribution in [0.3, 0.4) is 0 Å². The molecule has 2 aliphatic rings. The summed E-state index contributed by atoms with van der Waals surface area (Å²) in [7, 11) is 3.84. The summed E-state index contributed by atoms with van der Waals surface area (Å²) in [5.74, 6) is 0.532. The average molecular weight is 574 g/mol. The fourth-order valence-electron chi connectivity index (χ4n) is 5.42. The van der Waals surface area contributed by atoms with Crippen LogP contribution < -0.4 is 0 Å². The van der Waals surface area contributed by atoms with Gasteiger partial charge in [-0.2, -0.15) is 0 Å². The number of amides is 2. The van der Waals surface area contributed by atoms with Gasteiger partial charge in [-0.25, -0.2) is 0 Å². The second-order valence-corrected chi connectivity index (χ2v) is 11.9. The summed E-state index contributed by atoms with van der Waals surface area (Å²) in [4.78, 5) is 33.4. The molecule has 0 atom stereocenters. The van der Waals surface area contributed by atoms with E-state index in [2.05, 4.69) is 19.0 Å². The Hall–Kier alpha value is -2.41. The van der Waals surface area contributed by atoms with E-state index in [1.165, 1.54) is 51.4 Å². The Morgan fingerprint density at radius 2 is 1.34 bits per heavy atom. The van der Waals surface area contributed by atoms with Crippen molar-refractivity contribution in [3.63, 3.8) is 0 Å². The summed E-state index contributed by atoms with van der Waals surface area (Å²) >= 11 is 0. The summed E-state index contributed by atoms with van der Waals surface area (Å²) in [6, 6.07) is 10.8. The van der Waals surface area contributed by atoms with E-state index in [4.69, 9.17) is 9.57 Å². The number of nitrogens with zero attached hydrogens (tertiary/aromatic N) is 3. The highest BCUT2D eigenvalue weighted by atomic mass is 16.6. The number of carbonyl (C=O) groups excluding carboxylic acids is 2. The molecule has 0 bridgehead atoms. The lowest BCUT2D eigenvalue weighted by Crippen LogP contribution is -2.40. The molecule has 7 heteroatoms. The van der Waals surface area contributed by atoms with Crippen LogP contribution in [0.2, 0.25) is 0 Å². The zero-order chi connectivity index (χ0) is 29.3. The molecule has 2 fully saturated rings. The average Bonchev–Trinajstić information content (AvgIpc) is 2.98. The lowest BCUT2D eigenvalue weighted by atomic mass is 9.94. The monoisotopic (exact) mass is 573 g/mol. The van der Waals surface area contributed by atoms with Gasteiger partial charge in [-0.1, -0.05) is 95.3 Å². The number of benzene rings is 1. The SMILES string of the molecule is C.CC(C)/C(=N/OCC(=O)N(C)C1CCCCC1)c1ccccc1.CC(C)OCCCC(=O)N(C)C1CCCCC1. The lowest BCUT2D eigenvalue weighted by Gasteiger charge is -2.31. The molecule has 0 unspecified atom stereocenters. The Labute approximate surface area is 251 Å². The molecule has 0 heterocycles. The van der Waals surface area contributed by atoms with Crippen molar-refractivity contribution < 1.29 is 19.2 Å². The molecular weight excluding hydrogens is 514 g/mol. The molecule has 2 aliphatic carbocycles. The van der Waals surface area contributed by atoms with E-state index in [9.17, 15) is 9.59 Å². The molecule has 234 valence electrons. The van der Waals surface area contributed by atoms with Gasteiger partial charge in [0.1, 0.15) is 0 Å². The van der Waals surface area contributed by atoms with Crippen molar-refractivity contribution in [2.45, 2.75) is 130 Å². The van der Waals surface area contributed by atoms with Gasteiger partial charge >= 0.3 is 0 Å². The van der Waals surface area contributed by atoms with E-state index in [-0.39, 0.29) is 37.9 Å². The second-order valence-electron chi connectivity index (χ2n) is 11.9. The molecule has 2 amide bonds. The maximum Gasteiger partial charge on any atom is 0.263 e. The van der Waals surface area contributed by atoms with Gasteiger partial charge in [0, 0.05) is 39.2 Å². The van der Waals surface area contributed by atoms with Crippen molar-refractivity contribution in [3.8, 4) is 0 Å². The Morgan fingerprint density at radius 3 is 1.83 bits per heavy atom. The van der Waals surface area contributed by atoms with Crippen LogP contribution >= 0.6 is 0 Å². The Balaban J connectivity index is 0.000000419. The first kappa shape index (κ1) is 36.6. The smallest absolute Gasteiger partial charge is 0.263 e. The van der Waals surface area contributed by atoms with Gasteiger partial charge in [0.15, 0.2) is 6.61 Å². The first-order valence-electron chi connectivity index (χ1n) is 15.6. The first-order valence-corrected chi connectivity index (χ1v) is 15.6. The van der Waals surface area contributed by atoms with Crippen LogP contribution in [0.15, 0.2) is 35.5 Å². The predicted molar refractivity (Wildman–Crippen MR) is 170 cm³/mol. The van der Waals surface area contributed by atoms with Crippen LogP contribution in [0.4, 0.5) is 0 Å². The number of likely N-dealkylation sites (N-methyl/N-ethyl adjacent to an activating group) is 1. The van der Waals surface area contributed by atoms with Gasteiger partial charge in [-0.3, -0.25) is 9.59 Å². The maximum absolute atomic E-state index is 12.3. The molecule has 3 rings (SSSR count). The van der Waals surface area contributed by atoms with E-state index >= 15 is 0 Å². The van der Waals surface area contributed by atoms with Crippen LogP contribution in [0.25, 0.3) is 0 Å². The van der Waals surface area contributed by atoms with Gasteiger partial charge in [-0.15, -0.1) is 0 Å². The number of oxime groups is 1. The zero-order valence-electron chi connectivity index (χ0n) is 26.1.